The van der Waals surface area contributed by atoms with Gasteiger partial charge in [0, 0.05) is 0 Å². The molecule has 2 rings (SSSR count). The Morgan fingerprint density at radius 1 is 1.50 bits per heavy atom. The fourth-order valence-corrected chi connectivity index (χ4v) is 3.23. The summed E-state index contributed by atoms with van der Waals surface area (Å²) in [5, 5.41) is 0.497. The highest BCUT2D eigenvalue weighted by Crippen LogP contribution is 2.30. The third kappa shape index (κ3) is 2.96. The second-order valence-electron chi connectivity index (χ2n) is 4.64. The van der Waals surface area contributed by atoms with E-state index in [2.05, 4.69) is 0 Å². The van der Waals surface area contributed by atoms with Crippen LogP contribution in [0.1, 0.15) is 18.4 Å². The van der Waals surface area contributed by atoms with Crippen molar-refractivity contribution in [3.63, 3.8) is 0 Å². The van der Waals surface area contributed by atoms with Crippen molar-refractivity contribution in [1.82, 2.24) is 0 Å². The van der Waals surface area contributed by atoms with Crippen LogP contribution in [0.4, 0.5) is 0 Å². The van der Waals surface area contributed by atoms with Gasteiger partial charge in [-0.1, -0.05) is 24.6 Å². The van der Waals surface area contributed by atoms with Crippen molar-refractivity contribution < 1.29 is 13.2 Å². The zero-order chi connectivity index (χ0) is 13.3. The van der Waals surface area contributed by atoms with Gasteiger partial charge in [-0.05, 0) is 30.2 Å². The lowest BCUT2D eigenvalue weighted by Gasteiger charge is -2.27. The zero-order valence-electron chi connectivity index (χ0n) is 10.1. The van der Waals surface area contributed by atoms with Gasteiger partial charge in [0.05, 0.1) is 16.5 Å². The molecule has 0 amide bonds. The van der Waals surface area contributed by atoms with E-state index >= 15 is 0 Å². The number of ether oxygens (including phenoxy) is 1. The van der Waals surface area contributed by atoms with E-state index in [1.165, 1.54) is 0 Å². The van der Waals surface area contributed by atoms with Gasteiger partial charge in [-0.2, -0.15) is 0 Å². The van der Waals surface area contributed by atoms with Crippen molar-refractivity contribution in [2.75, 3.05) is 18.1 Å². The minimum atomic E-state index is -2.87. The van der Waals surface area contributed by atoms with E-state index in [4.69, 9.17) is 22.1 Å². The number of halogens is 1. The number of nitrogens with two attached hydrogens (primary N) is 1. The van der Waals surface area contributed by atoms with Crippen LogP contribution in [0.25, 0.3) is 0 Å². The molecule has 1 atom stereocenters. The topological polar surface area (TPSA) is 69.4 Å². The average molecular weight is 290 g/mol. The summed E-state index contributed by atoms with van der Waals surface area (Å²) in [4.78, 5) is 0. The highest BCUT2D eigenvalue weighted by molar-refractivity contribution is 7.92. The summed E-state index contributed by atoms with van der Waals surface area (Å²) in [6.45, 7) is 2.57. The molecule has 6 heteroatoms. The summed E-state index contributed by atoms with van der Waals surface area (Å²) in [7, 11) is -2.87. The Balaban J connectivity index is 2.06. The molecule has 0 aromatic heterocycles. The van der Waals surface area contributed by atoms with E-state index in [-0.39, 0.29) is 23.5 Å². The van der Waals surface area contributed by atoms with Crippen LogP contribution in [0, 0.1) is 0 Å². The Morgan fingerprint density at radius 3 is 2.67 bits per heavy atom. The maximum absolute atomic E-state index is 11.0. The molecule has 0 spiro atoms. The average Bonchev–Trinajstić information content (AvgIpc) is 2.28. The van der Waals surface area contributed by atoms with Crippen molar-refractivity contribution in [2.45, 2.75) is 18.9 Å². The lowest BCUT2D eigenvalue weighted by molar-refractivity contribution is 0.230. The van der Waals surface area contributed by atoms with Crippen molar-refractivity contribution in [1.29, 1.82) is 0 Å². The van der Waals surface area contributed by atoms with Gasteiger partial charge in [-0.15, -0.1) is 0 Å². The van der Waals surface area contributed by atoms with Crippen LogP contribution < -0.4 is 10.5 Å². The van der Waals surface area contributed by atoms with Crippen LogP contribution in [0.2, 0.25) is 5.02 Å². The summed E-state index contributed by atoms with van der Waals surface area (Å²) < 4.78 is 27.6. The molecule has 18 heavy (non-hydrogen) atoms. The molecule has 1 aromatic rings. The molecular formula is C12H16ClNO3S. The van der Waals surface area contributed by atoms with Crippen LogP contribution in [-0.4, -0.2) is 32.6 Å². The normalized spacial score (nSPS) is 20.2. The molecule has 1 aliphatic rings. The van der Waals surface area contributed by atoms with E-state index in [9.17, 15) is 8.42 Å². The summed E-state index contributed by atoms with van der Waals surface area (Å²) in [5.74, 6) is 0.916. The Bertz CT molecular complexity index is 532. The predicted octanol–water partition coefficient (Wildman–Crippen LogP) is 1.58. The fraction of sp³-hybridized carbons (Fsp3) is 0.500. The highest BCUT2D eigenvalue weighted by atomic mass is 35.5. The minimum absolute atomic E-state index is 0.0737. The second kappa shape index (κ2) is 5.07. The van der Waals surface area contributed by atoms with Gasteiger partial charge in [0.2, 0.25) is 0 Å². The zero-order valence-corrected chi connectivity index (χ0v) is 11.7. The van der Waals surface area contributed by atoms with Crippen molar-refractivity contribution >= 4 is 21.4 Å². The van der Waals surface area contributed by atoms with Gasteiger partial charge in [0.25, 0.3) is 0 Å². The van der Waals surface area contributed by atoms with Crippen molar-refractivity contribution in [3.8, 4) is 5.75 Å². The Labute approximate surface area is 112 Å². The first-order valence-corrected chi connectivity index (χ1v) is 7.98. The summed E-state index contributed by atoms with van der Waals surface area (Å²) in [5.41, 5.74) is 6.64. The molecule has 1 aliphatic heterocycles. The van der Waals surface area contributed by atoms with Gasteiger partial charge in [-0.3, -0.25) is 0 Å². The Hall–Kier alpha value is -0.780. The van der Waals surface area contributed by atoms with E-state index in [1.54, 1.807) is 6.07 Å². The molecule has 1 saturated heterocycles. The predicted molar refractivity (Wildman–Crippen MR) is 72.0 cm³/mol. The maximum atomic E-state index is 11.0. The minimum Gasteiger partial charge on any atom is -0.487 e. The molecule has 100 valence electrons. The highest BCUT2D eigenvalue weighted by Gasteiger charge is 2.35. The van der Waals surface area contributed by atoms with Gasteiger partial charge in [0.15, 0.2) is 9.84 Å². The monoisotopic (exact) mass is 289 g/mol. The van der Waals surface area contributed by atoms with Crippen LogP contribution >= 0.6 is 11.6 Å². The standard InChI is InChI=1S/C12H16ClNO3S/c1-8(5-14)9-2-3-12(11(13)4-9)17-10-6-18(15,16)7-10/h2-4,8,10H,5-7,14H2,1H3. The number of sulfone groups is 1. The van der Waals surface area contributed by atoms with E-state index in [0.717, 1.165) is 5.56 Å². The summed E-state index contributed by atoms with van der Waals surface area (Å²) in [6.07, 6.45) is -0.273. The molecule has 1 heterocycles. The third-order valence-corrected chi connectivity index (χ3v) is 5.11. The first-order chi connectivity index (χ1) is 8.41. The number of benzene rings is 1. The van der Waals surface area contributed by atoms with Crippen LogP contribution in [0.15, 0.2) is 18.2 Å². The van der Waals surface area contributed by atoms with Crippen molar-refractivity contribution in [3.05, 3.63) is 28.8 Å². The molecule has 0 aliphatic carbocycles. The molecule has 0 saturated carbocycles. The number of hydrogen-bond donors (Lipinski definition) is 1. The quantitative estimate of drug-likeness (QED) is 0.914. The van der Waals surface area contributed by atoms with Gasteiger partial charge < -0.3 is 10.5 Å². The molecule has 4 nitrogen and oxygen atoms in total. The fourth-order valence-electron chi connectivity index (χ4n) is 1.82. The second-order valence-corrected chi connectivity index (χ2v) is 7.20. The molecular weight excluding hydrogens is 274 g/mol. The van der Waals surface area contributed by atoms with Crippen LogP contribution in [0.5, 0.6) is 5.75 Å². The third-order valence-electron chi connectivity index (χ3n) is 3.05. The van der Waals surface area contributed by atoms with Crippen molar-refractivity contribution in [2.24, 2.45) is 5.73 Å². The van der Waals surface area contributed by atoms with Crippen LogP contribution in [0.3, 0.4) is 0 Å². The van der Waals surface area contributed by atoms with Gasteiger partial charge in [0.1, 0.15) is 11.9 Å². The molecule has 2 N–H and O–H groups in total. The maximum Gasteiger partial charge on any atom is 0.157 e. The SMILES string of the molecule is CC(CN)c1ccc(OC2CS(=O)(=O)C2)c(Cl)c1. The van der Waals surface area contributed by atoms with Crippen LogP contribution in [-0.2, 0) is 9.84 Å². The number of hydrogen-bond acceptors (Lipinski definition) is 4. The molecule has 1 aromatic carbocycles. The Kier molecular flexibility index (Phi) is 3.84. The summed E-state index contributed by atoms with van der Waals surface area (Å²) >= 11 is 6.11. The molecule has 1 fully saturated rings. The lowest BCUT2D eigenvalue weighted by Crippen LogP contribution is -2.45. The van der Waals surface area contributed by atoms with E-state index in [0.29, 0.717) is 17.3 Å². The van der Waals surface area contributed by atoms with Gasteiger partial charge >= 0.3 is 0 Å². The summed E-state index contributed by atoms with van der Waals surface area (Å²) in [6, 6.07) is 5.50. The number of rotatable bonds is 4. The van der Waals surface area contributed by atoms with E-state index < -0.39 is 9.84 Å². The lowest BCUT2D eigenvalue weighted by atomic mass is 10.0. The largest absolute Gasteiger partial charge is 0.487 e. The molecule has 1 unspecified atom stereocenters. The first-order valence-electron chi connectivity index (χ1n) is 5.78. The molecule has 0 bridgehead atoms. The molecule has 0 radical (unpaired) electrons. The van der Waals surface area contributed by atoms with Gasteiger partial charge in [-0.25, -0.2) is 8.42 Å². The smallest absolute Gasteiger partial charge is 0.157 e. The Morgan fingerprint density at radius 2 is 2.17 bits per heavy atom. The van der Waals surface area contributed by atoms with E-state index in [1.807, 2.05) is 19.1 Å². The first kappa shape index (κ1) is 13.6.